The lowest BCUT2D eigenvalue weighted by atomic mass is 10.2. The van der Waals surface area contributed by atoms with Crippen molar-refractivity contribution in [3.63, 3.8) is 0 Å². The van der Waals surface area contributed by atoms with Crippen LogP contribution in [0.25, 0.3) is 0 Å². The van der Waals surface area contributed by atoms with Crippen LogP contribution >= 0.6 is 0 Å². The molecule has 3 heteroatoms. The van der Waals surface area contributed by atoms with Crippen LogP contribution < -0.4 is 5.32 Å². The maximum atomic E-state index is 5.40. The zero-order valence-corrected chi connectivity index (χ0v) is 8.62. The summed E-state index contributed by atoms with van der Waals surface area (Å²) in [7, 11) is 0. The SMILES string of the molecule is C#CC(CCC)Nc1nccnc1C. The molecule has 0 saturated heterocycles. The number of rotatable bonds is 4. The molecule has 1 N–H and O–H groups in total. The third-order valence-electron chi connectivity index (χ3n) is 1.97. The van der Waals surface area contributed by atoms with Crippen molar-refractivity contribution in [3.8, 4) is 12.3 Å². The molecule has 1 heterocycles. The maximum absolute atomic E-state index is 5.40. The monoisotopic (exact) mass is 189 g/mol. The fourth-order valence-electron chi connectivity index (χ4n) is 1.20. The van der Waals surface area contributed by atoms with Gasteiger partial charge < -0.3 is 5.32 Å². The van der Waals surface area contributed by atoms with Gasteiger partial charge in [-0.3, -0.25) is 4.98 Å². The van der Waals surface area contributed by atoms with E-state index >= 15 is 0 Å². The molecule has 0 amide bonds. The van der Waals surface area contributed by atoms with E-state index in [1.165, 1.54) is 0 Å². The van der Waals surface area contributed by atoms with Gasteiger partial charge in [-0.1, -0.05) is 19.3 Å². The van der Waals surface area contributed by atoms with Crippen LogP contribution in [0.15, 0.2) is 12.4 Å². The molecule has 0 aliphatic heterocycles. The predicted octanol–water partition coefficient (Wildman–Crippen LogP) is 2.00. The molecule has 0 fully saturated rings. The highest BCUT2D eigenvalue weighted by Gasteiger charge is 2.06. The number of hydrogen-bond donors (Lipinski definition) is 1. The lowest BCUT2D eigenvalue weighted by Gasteiger charge is -2.13. The van der Waals surface area contributed by atoms with E-state index in [1.807, 2.05) is 6.92 Å². The topological polar surface area (TPSA) is 37.8 Å². The van der Waals surface area contributed by atoms with E-state index in [2.05, 4.69) is 28.1 Å². The van der Waals surface area contributed by atoms with E-state index in [4.69, 9.17) is 6.42 Å². The average molecular weight is 189 g/mol. The molecule has 1 rings (SSSR count). The molecule has 0 radical (unpaired) electrons. The van der Waals surface area contributed by atoms with E-state index in [1.54, 1.807) is 12.4 Å². The Hall–Kier alpha value is -1.56. The number of nitrogens with one attached hydrogen (secondary N) is 1. The number of terminal acetylenes is 1. The normalized spacial score (nSPS) is 11.8. The third-order valence-corrected chi connectivity index (χ3v) is 1.97. The van der Waals surface area contributed by atoms with Gasteiger partial charge in [0.25, 0.3) is 0 Å². The van der Waals surface area contributed by atoms with Crippen LogP contribution in [-0.2, 0) is 0 Å². The summed E-state index contributed by atoms with van der Waals surface area (Å²) in [5.74, 6) is 3.48. The first-order chi connectivity index (χ1) is 6.77. The molecule has 0 saturated carbocycles. The van der Waals surface area contributed by atoms with Crippen molar-refractivity contribution in [1.82, 2.24) is 9.97 Å². The van der Waals surface area contributed by atoms with E-state index in [0.29, 0.717) is 0 Å². The Labute approximate surface area is 85.0 Å². The molecule has 0 bridgehead atoms. The number of nitrogens with zero attached hydrogens (tertiary/aromatic N) is 2. The zero-order valence-electron chi connectivity index (χ0n) is 8.62. The lowest BCUT2D eigenvalue weighted by molar-refractivity contribution is 0.750. The first-order valence-corrected chi connectivity index (χ1v) is 4.78. The molecule has 0 aliphatic carbocycles. The van der Waals surface area contributed by atoms with Crippen LogP contribution in [0, 0.1) is 19.3 Å². The third kappa shape index (κ3) is 2.74. The highest BCUT2D eigenvalue weighted by atomic mass is 15.0. The summed E-state index contributed by atoms with van der Waals surface area (Å²) in [6, 6.07) is 0.0513. The zero-order chi connectivity index (χ0) is 10.4. The van der Waals surface area contributed by atoms with E-state index in [-0.39, 0.29) is 6.04 Å². The lowest BCUT2D eigenvalue weighted by Crippen LogP contribution is -2.18. The Balaban J connectivity index is 2.68. The second kappa shape index (κ2) is 5.23. The van der Waals surface area contributed by atoms with Gasteiger partial charge in [0.15, 0.2) is 0 Å². The van der Waals surface area contributed by atoms with Gasteiger partial charge in [0, 0.05) is 12.4 Å². The highest BCUT2D eigenvalue weighted by molar-refractivity contribution is 5.41. The average Bonchev–Trinajstić information content (AvgIpc) is 2.20. The molecule has 14 heavy (non-hydrogen) atoms. The van der Waals surface area contributed by atoms with Gasteiger partial charge in [0.2, 0.25) is 0 Å². The van der Waals surface area contributed by atoms with Gasteiger partial charge in [-0.15, -0.1) is 6.42 Å². The highest BCUT2D eigenvalue weighted by Crippen LogP contribution is 2.09. The minimum absolute atomic E-state index is 0.0513. The van der Waals surface area contributed by atoms with Crippen molar-refractivity contribution in [2.45, 2.75) is 32.7 Å². The first-order valence-electron chi connectivity index (χ1n) is 4.78. The Morgan fingerprint density at radius 2 is 2.21 bits per heavy atom. The molecule has 0 aromatic carbocycles. The molecular weight excluding hydrogens is 174 g/mol. The molecule has 0 aliphatic rings. The Morgan fingerprint density at radius 3 is 2.79 bits per heavy atom. The molecule has 1 atom stereocenters. The molecule has 74 valence electrons. The van der Waals surface area contributed by atoms with Crippen molar-refractivity contribution in [3.05, 3.63) is 18.1 Å². The summed E-state index contributed by atoms with van der Waals surface area (Å²) in [5, 5.41) is 3.19. The first kappa shape index (κ1) is 10.5. The summed E-state index contributed by atoms with van der Waals surface area (Å²) in [6.45, 7) is 4.02. The van der Waals surface area contributed by atoms with Gasteiger partial charge in [0.05, 0.1) is 11.7 Å². The molecule has 3 nitrogen and oxygen atoms in total. The van der Waals surface area contributed by atoms with Gasteiger partial charge in [0.1, 0.15) is 5.82 Å². The molecule has 1 aromatic rings. The van der Waals surface area contributed by atoms with Crippen LogP contribution in [0.3, 0.4) is 0 Å². The number of aromatic nitrogens is 2. The number of aryl methyl sites for hydroxylation is 1. The second-order valence-corrected chi connectivity index (χ2v) is 3.14. The predicted molar refractivity (Wildman–Crippen MR) is 57.9 cm³/mol. The van der Waals surface area contributed by atoms with Crippen molar-refractivity contribution in [2.75, 3.05) is 5.32 Å². The summed E-state index contributed by atoms with van der Waals surface area (Å²) in [6.07, 6.45) is 10.7. The van der Waals surface area contributed by atoms with Crippen molar-refractivity contribution in [2.24, 2.45) is 0 Å². The van der Waals surface area contributed by atoms with Gasteiger partial charge in [-0.2, -0.15) is 0 Å². The largest absolute Gasteiger partial charge is 0.355 e. The summed E-state index contributed by atoms with van der Waals surface area (Å²) >= 11 is 0. The maximum Gasteiger partial charge on any atom is 0.148 e. The Morgan fingerprint density at radius 1 is 1.50 bits per heavy atom. The van der Waals surface area contributed by atoms with E-state index in [0.717, 1.165) is 24.4 Å². The van der Waals surface area contributed by atoms with Crippen molar-refractivity contribution >= 4 is 5.82 Å². The summed E-state index contributed by atoms with van der Waals surface area (Å²) < 4.78 is 0. The van der Waals surface area contributed by atoms with Crippen LogP contribution in [0.5, 0.6) is 0 Å². The van der Waals surface area contributed by atoms with Crippen LogP contribution in [-0.4, -0.2) is 16.0 Å². The van der Waals surface area contributed by atoms with Gasteiger partial charge in [-0.25, -0.2) is 4.98 Å². The van der Waals surface area contributed by atoms with Crippen molar-refractivity contribution < 1.29 is 0 Å². The summed E-state index contributed by atoms with van der Waals surface area (Å²) in [4.78, 5) is 8.31. The van der Waals surface area contributed by atoms with E-state index < -0.39 is 0 Å². The number of hydrogen-bond acceptors (Lipinski definition) is 3. The molecule has 1 unspecified atom stereocenters. The number of anilines is 1. The van der Waals surface area contributed by atoms with Crippen LogP contribution in [0.1, 0.15) is 25.5 Å². The molecular formula is C11H15N3. The smallest absolute Gasteiger partial charge is 0.148 e. The Bertz CT molecular complexity index is 328. The fraction of sp³-hybridized carbons (Fsp3) is 0.455. The van der Waals surface area contributed by atoms with Crippen molar-refractivity contribution in [1.29, 1.82) is 0 Å². The van der Waals surface area contributed by atoms with E-state index in [9.17, 15) is 0 Å². The van der Waals surface area contributed by atoms with Gasteiger partial charge >= 0.3 is 0 Å². The van der Waals surface area contributed by atoms with Crippen LogP contribution in [0.4, 0.5) is 5.82 Å². The standard InChI is InChI=1S/C11H15N3/c1-4-6-10(5-2)14-11-9(3)12-7-8-13-11/h2,7-8,10H,4,6H2,1,3H3,(H,13,14). The van der Waals surface area contributed by atoms with Crippen LogP contribution in [0.2, 0.25) is 0 Å². The summed E-state index contributed by atoms with van der Waals surface area (Å²) in [5.41, 5.74) is 0.879. The Kier molecular flexibility index (Phi) is 3.93. The molecule has 0 spiro atoms. The minimum Gasteiger partial charge on any atom is -0.355 e. The van der Waals surface area contributed by atoms with Gasteiger partial charge in [-0.05, 0) is 13.3 Å². The quantitative estimate of drug-likeness (QED) is 0.736. The minimum atomic E-state index is 0.0513. The fourth-order valence-corrected chi connectivity index (χ4v) is 1.20. The molecule has 1 aromatic heterocycles. The second-order valence-electron chi connectivity index (χ2n) is 3.14.